The molecule has 0 bridgehead atoms. The number of para-hydroxylation sites is 1. The molecule has 0 atom stereocenters. The lowest BCUT2D eigenvalue weighted by Crippen LogP contribution is -2.31. The Balaban J connectivity index is 1.54. The number of amides is 1. The highest BCUT2D eigenvalue weighted by molar-refractivity contribution is 5.96. The normalized spacial score (nSPS) is 12.4. The highest BCUT2D eigenvalue weighted by Gasteiger charge is 2.20. The van der Waals surface area contributed by atoms with E-state index in [0.717, 1.165) is 16.9 Å². The molecule has 0 aliphatic carbocycles. The largest absolute Gasteiger partial charge is 0.488 e. The third-order valence-electron chi connectivity index (χ3n) is 3.91. The van der Waals surface area contributed by atoms with Gasteiger partial charge in [-0.05, 0) is 17.7 Å². The summed E-state index contributed by atoms with van der Waals surface area (Å²) in [7, 11) is 1.68. The van der Waals surface area contributed by atoms with E-state index in [-0.39, 0.29) is 19.1 Å². The second kappa shape index (κ2) is 7.66. The van der Waals surface area contributed by atoms with Crippen LogP contribution in [0, 0.1) is 0 Å². The highest BCUT2D eigenvalue weighted by atomic mass is 16.5. The standard InChI is InChI=1S/C20H19NO4/c1-21(12-15-7-3-2-4-8-15)19(22)14-25-20(23)17-11-16-9-5-6-10-18(16)24-13-17/h2-11H,12-14H2,1H3. The van der Waals surface area contributed by atoms with Crippen LogP contribution >= 0.6 is 0 Å². The van der Waals surface area contributed by atoms with Crippen LogP contribution in [0.3, 0.4) is 0 Å². The Kier molecular flexibility index (Phi) is 5.14. The maximum absolute atomic E-state index is 12.2. The summed E-state index contributed by atoms with van der Waals surface area (Å²) >= 11 is 0. The molecule has 5 heteroatoms. The number of hydrogen-bond donors (Lipinski definition) is 0. The van der Waals surface area contributed by atoms with E-state index >= 15 is 0 Å². The molecule has 2 aromatic rings. The smallest absolute Gasteiger partial charge is 0.338 e. The number of carbonyl (C=O) groups is 2. The number of rotatable bonds is 5. The number of benzene rings is 2. The molecule has 1 amide bonds. The van der Waals surface area contributed by atoms with Crippen molar-refractivity contribution in [2.75, 3.05) is 20.3 Å². The summed E-state index contributed by atoms with van der Waals surface area (Å²) in [6.45, 7) is 0.321. The summed E-state index contributed by atoms with van der Waals surface area (Å²) in [4.78, 5) is 25.8. The lowest BCUT2D eigenvalue weighted by atomic mass is 10.1. The predicted molar refractivity (Wildman–Crippen MR) is 93.8 cm³/mol. The van der Waals surface area contributed by atoms with Crippen molar-refractivity contribution < 1.29 is 19.1 Å². The molecular formula is C20H19NO4. The molecule has 0 saturated carbocycles. The van der Waals surface area contributed by atoms with Gasteiger partial charge >= 0.3 is 5.97 Å². The molecule has 1 heterocycles. The summed E-state index contributed by atoms with van der Waals surface area (Å²) in [5.41, 5.74) is 2.25. The van der Waals surface area contributed by atoms with Crippen molar-refractivity contribution in [1.29, 1.82) is 0 Å². The van der Waals surface area contributed by atoms with E-state index in [0.29, 0.717) is 12.1 Å². The van der Waals surface area contributed by atoms with Gasteiger partial charge in [-0.15, -0.1) is 0 Å². The highest BCUT2D eigenvalue weighted by Crippen LogP contribution is 2.26. The van der Waals surface area contributed by atoms with E-state index in [1.807, 2.05) is 54.6 Å². The molecule has 0 N–H and O–H groups in total. The Morgan fingerprint density at radius 1 is 1.08 bits per heavy atom. The van der Waals surface area contributed by atoms with Crippen molar-refractivity contribution in [1.82, 2.24) is 4.90 Å². The fraction of sp³-hybridized carbons (Fsp3) is 0.200. The minimum Gasteiger partial charge on any atom is -0.488 e. The second-order valence-electron chi connectivity index (χ2n) is 5.81. The predicted octanol–water partition coefficient (Wildman–Crippen LogP) is 2.66. The van der Waals surface area contributed by atoms with Gasteiger partial charge in [-0.2, -0.15) is 0 Å². The van der Waals surface area contributed by atoms with Crippen molar-refractivity contribution in [3.05, 3.63) is 71.3 Å². The van der Waals surface area contributed by atoms with Crippen LogP contribution in [0.15, 0.2) is 60.2 Å². The molecule has 1 aliphatic heterocycles. The number of fused-ring (bicyclic) bond motifs is 1. The Morgan fingerprint density at radius 2 is 1.80 bits per heavy atom. The monoisotopic (exact) mass is 337 g/mol. The quantitative estimate of drug-likeness (QED) is 0.787. The van der Waals surface area contributed by atoms with E-state index in [1.165, 1.54) is 4.90 Å². The molecular weight excluding hydrogens is 318 g/mol. The summed E-state index contributed by atoms with van der Waals surface area (Å²) in [6.07, 6.45) is 1.74. The van der Waals surface area contributed by atoms with Crippen molar-refractivity contribution in [2.45, 2.75) is 6.54 Å². The average Bonchev–Trinajstić information content (AvgIpc) is 2.66. The van der Waals surface area contributed by atoms with Crippen LogP contribution in [0.2, 0.25) is 0 Å². The first kappa shape index (κ1) is 16.8. The lowest BCUT2D eigenvalue weighted by Gasteiger charge is -2.19. The molecule has 1 aliphatic rings. The van der Waals surface area contributed by atoms with Crippen molar-refractivity contribution in [3.63, 3.8) is 0 Å². The Hall–Kier alpha value is -3.08. The molecule has 25 heavy (non-hydrogen) atoms. The number of likely N-dealkylation sites (N-methyl/N-ethyl adjacent to an activating group) is 1. The number of esters is 1. The molecule has 0 saturated heterocycles. The van der Waals surface area contributed by atoms with Gasteiger partial charge in [0.15, 0.2) is 6.61 Å². The third-order valence-corrected chi connectivity index (χ3v) is 3.91. The summed E-state index contributed by atoms with van der Waals surface area (Å²) in [6, 6.07) is 17.1. The molecule has 0 radical (unpaired) electrons. The first-order valence-corrected chi connectivity index (χ1v) is 8.01. The SMILES string of the molecule is CN(Cc1ccccc1)C(=O)COC(=O)C1=Cc2ccccc2OC1. The summed E-state index contributed by atoms with van der Waals surface area (Å²) in [5, 5.41) is 0. The molecule has 128 valence electrons. The second-order valence-corrected chi connectivity index (χ2v) is 5.81. The van der Waals surface area contributed by atoms with Gasteiger partial charge in [0.1, 0.15) is 12.4 Å². The van der Waals surface area contributed by atoms with Gasteiger partial charge in [0.05, 0.1) is 5.57 Å². The fourth-order valence-electron chi connectivity index (χ4n) is 2.51. The van der Waals surface area contributed by atoms with Crippen molar-refractivity contribution >= 4 is 18.0 Å². The first-order valence-electron chi connectivity index (χ1n) is 8.01. The number of ether oxygens (including phenoxy) is 2. The van der Waals surface area contributed by atoms with Gasteiger partial charge in [-0.3, -0.25) is 4.79 Å². The average molecular weight is 337 g/mol. The van der Waals surface area contributed by atoms with E-state index in [9.17, 15) is 9.59 Å². The zero-order valence-electron chi connectivity index (χ0n) is 14.0. The van der Waals surface area contributed by atoms with Crippen molar-refractivity contribution in [2.24, 2.45) is 0 Å². The Labute approximate surface area is 146 Å². The van der Waals surface area contributed by atoms with E-state index in [4.69, 9.17) is 9.47 Å². The summed E-state index contributed by atoms with van der Waals surface area (Å²) < 4.78 is 10.7. The number of hydrogen-bond acceptors (Lipinski definition) is 4. The molecule has 5 nitrogen and oxygen atoms in total. The Bertz CT molecular complexity index is 798. The minimum absolute atomic E-state index is 0.143. The maximum Gasteiger partial charge on any atom is 0.338 e. The third kappa shape index (κ3) is 4.26. The maximum atomic E-state index is 12.2. The van der Waals surface area contributed by atoms with Crippen molar-refractivity contribution in [3.8, 4) is 5.75 Å². The molecule has 0 aromatic heterocycles. The van der Waals surface area contributed by atoms with Gasteiger partial charge in [-0.1, -0.05) is 48.5 Å². The topological polar surface area (TPSA) is 55.8 Å². The van der Waals surface area contributed by atoms with Gasteiger partial charge in [-0.25, -0.2) is 4.79 Å². The molecule has 3 rings (SSSR count). The lowest BCUT2D eigenvalue weighted by molar-refractivity contribution is -0.148. The molecule has 0 unspecified atom stereocenters. The summed E-state index contributed by atoms with van der Waals surface area (Å²) in [5.74, 6) is -0.0522. The van der Waals surface area contributed by atoms with Crippen LogP contribution in [-0.2, 0) is 20.9 Å². The van der Waals surface area contributed by atoms with Crippen LogP contribution in [0.5, 0.6) is 5.75 Å². The van der Waals surface area contributed by atoms with Gasteiger partial charge in [0.25, 0.3) is 5.91 Å². The van der Waals surface area contributed by atoms with Crippen LogP contribution in [-0.4, -0.2) is 37.0 Å². The number of nitrogens with zero attached hydrogens (tertiary/aromatic N) is 1. The van der Waals surface area contributed by atoms with E-state index < -0.39 is 5.97 Å². The van der Waals surface area contributed by atoms with Crippen LogP contribution in [0.1, 0.15) is 11.1 Å². The van der Waals surface area contributed by atoms with E-state index in [2.05, 4.69) is 0 Å². The number of carbonyl (C=O) groups excluding carboxylic acids is 2. The van der Waals surface area contributed by atoms with Gasteiger partial charge in [0.2, 0.25) is 0 Å². The zero-order chi connectivity index (χ0) is 17.6. The fourth-order valence-corrected chi connectivity index (χ4v) is 2.51. The molecule has 0 fully saturated rings. The van der Waals surface area contributed by atoms with Crippen LogP contribution in [0.4, 0.5) is 0 Å². The van der Waals surface area contributed by atoms with Crippen LogP contribution < -0.4 is 4.74 Å². The van der Waals surface area contributed by atoms with Gasteiger partial charge in [0, 0.05) is 19.2 Å². The zero-order valence-corrected chi connectivity index (χ0v) is 14.0. The first-order chi connectivity index (χ1) is 12.1. The van der Waals surface area contributed by atoms with Crippen LogP contribution in [0.25, 0.3) is 6.08 Å². The van der Waals surface area contributed by atoms with E-state index in [1.54, 1.807) is 13.1 Å². The molecule has 0 spiro atoms. The minimum atomic E-state index is -0.532. The molecule has 2 aromatic carbocycles. The Morgan fingerprint density at radius 3 is 2.60 bits per heavy atom. The van der Waals surface area contributed by atoms with Gasteiger partial charge < -0.3 is 14.4 Å².